The molecule has 0 saturated carbocycles. The third kappa shape index (κ3) is 3.77. The van der Waals surface area contributed by atoms with Crippen molar-refractivity contribution in [1.82, 2.24) is 9.55 Å². The molecule has 0 spiro atoms. The molecule has 0 bridgehead atoms. The maximum atomic E-state index is 13.0. The van der Waals surface area contributed by atoms with Crippen LogP contribution >= 0.6 is 0 Å². The Kier molecular flexibility index (Phi) is 5.14. The molecule has 4 rings (SSSR count). The predicted octanol–water partition coefficient (Wildman–Crippen LogP) is 2.38. The lowest BCUT2D eigenvalue weighted by molar-refractivity contribution is -0.137. The quantitative estimate of drug-likeness (QED) is 0.642. The topological polar surface area (TPSA) is 93.4 Å². The highest BCUT2D eigenvalue weighted by Gasteiger charge is 2.40. The van der Waals surface area contributed by atoms with Gasteiger partial charge in [0.25, 0.3) is 5.56 Å². The van der Waals surface area contributed by atoms with E-state index in [-0.39, 0.29) is 11.2 Å². The lowest BCUT2D eigenvalue weighted by Crippen LogP contribution is -2.52. The summed E-state index contributed by atoms with van der Waals surface area (Å²) in [5, 5.41) is 12.4. The Balaban J connectivity index is 1.65. The van der Waals surface area contributed by atoms with Crippen LogP contribution in [0.2, 0.25) is 0 Å². The van der Waals surface area contributed by atoms with Crippen LogP contribution in [0, 0.1) is 0 Å². The number of nitrogens with zero attached hydrogens (tertiary/aromatic N) is 2. The van der Waals surface area contributed by atoms with Gasteiger partial charge in [-0.2, -0.15) is 0 Å². The van der Waals surface area contributed by atoms with Crippen LogP contribution < -0.4 is 10.9 Å². The van der Waals surface area contributed by atoms with Crippen molar-refractivity contribution in [2.75, 3.05) is 25.1 Å². The highest BCUT2D eigenvalue weighted by Crippen LogP contribution is 2.32. The maximum absolute atomic E-state index is 13.0. The van der Waals surface area contributed by atoms with Crippen LogP contribution in [0.1, 0.15) is 5.56 Å². The Morgan fingerprint density at radius 1 is 1.10 bits per heavy atom. The molecular formula is C22H21N3O4. The fourth-order valence-corrected chi connectivity index (χ4v) is 3.50. The number of carboxylic acids is 1. The van der Waals surface area contributed by atoms with Crippen molar-refractivity contribution in [3.63, 3.8) is 0 Å². The molecule has 2 N–H and O–H groups in total. The predicted molar refractivity (Wildman–Crippen MR) is 109 cm³/mol. The fourth-order valence-electron chi connectivity index (χ4n) is 3.50. The first-order valence-electron chi connectivity index (χ1n) is 9.33. The van der Waals surface area contributed by atoms with E-state index in [2.05, 4.69) is 10.3 Å². The van der Waals surface area contributed by atoms with Crippen molar-refractivity contribution in [1.29, 1.82) is 0 Å². The third-order valence-electron chi connectivity index (χ3n) is 5.15. The zero-order chi connectivity index (χ0) is 20.3. The van der Waals surface area contributed by atoms with Crippen LogP contribution in [0.3, 0.4) is 0 Å². The number of carboxylic acid groups (broad SMARTS) is 1. The molecule has 1 saturated heterocycles. The summed E-state index contributed by atoms with van der Waals surface area (Å²) >= 11 is 0. The first-order chi connectivity index (χ1) is 14.1. The molecule has 1 fully saturated rings. The number of anilines is 1. The Morgan fingerprint density at radius 3 is 2.34 bits per heavy atom. The van der Waals surface area contributed by atoms with Gasteiger partial charge in [-0.25, -0.2) is 4.98 Å². The second-order valence-electron chi connectivity index (χ2n) is 7.14. The van der Waals surface area contributed by atoms with E-state index in [1.807, 2.05) is 60.7 Å². The van der Waals surface area contributed by atoms with E-state index >= 15 is 0 Å². The minimum Gasteiger partial charge on any atom is -0.480 e. The SMILES string of the molecule is O=C(O)Cn1c(-c2ccccc2)cnc(NCC2(c3ccccc3)COC2)c1=O. The number of nitrogens with one attached hydrogen (secondary N) is 1. The standard InChI is InChI=1S/C22H21N3O4/c26-19(27)12-25-18(16-7-3-1-4-8-16)11-23-20(21(25)28)24-13-22(14-29-15-22)17-9-5-2-6-10-17/h1-11H,12-15H2,(H,23,24)(H,26,27). The van der Waals surface area contributed by atoms with Gasteiger partial charge in [0.15, 0.2) is 5.82 Å². The third-order valence-corrected chi connectivity index (χ3v) is 5.15. The van der Waals surface area contributed by atoms with Gasteiger partial charge >= 0.3 is 5.97 Å². The number of benzene rings is 2. The van der Waals surface area contributed by atoms with Crippen molar-refractivity contribution < 1.29 is 14.6 Å². The summed E-state index contributed by atoms with van der Waals surface area (Å²) in [5.41, 5.74) is 1.64. The van der Waals surface area contributed by atoms with Gasteiger partial charge in [0, 0.05) is 6.54 Å². The molecule has 0 amide bonds. The largest absolute Gasteiger partial charge is 0.480 e. The molecular weight excluding hydrogens is 370 g/mol. The van der Waals surface area contributed by atoms with Gasteiger partial charge in [-0.3, -0.25) is 14.2 Å². The summed E-state index contributed by atoms with van der Waals surface area (Å²) in [6.07, 6.45) is 1.54. The van der Waals surface area contributed by atoms with Crippen molar-refractivity contribution in [3.8, 4) is 11.3 Å². The lowest BCUT2D eigenvalue weighted by Gasteiger charge is -2.42. The molecule has 2 aromatic carbocycles. The molecule has 3 aromatic rings. The van der Waals surface area contributed by atoms with Gasteiger partial charge < -0.3 is 15.2 Å². The molecule has 1 aliphatic heterocycles. The van der Waals surface area contributed by atoms with Crippen LogP contribution in [0.4, 0.5) is 5.82 Å². The summed E-state index contributed by atoms with van der Waals surface area (Å²) in [6, 6.07) is 19.1. The van der Waals surface area contributed by atoms with Gasteiger partial charge in [-0.1, -0.05) is 60.7 Å². The van der Waals surface area contributed by atoms with E-state index in [1.54, 1.807) is 0 Å². The van der Waals surface area contributed by atoms with Crippen molar-refractivity contribution in [3.05, 3.63) is 82.8 Å². The Bertz CT molecular complexity index is 1060. The summed E-state index contributed by atoms with van der Waals surface area (Å²) in [5.74, 6) is -0.956. The molecule has 0 unspecified atom stereocenters. The molecule has 29 heavy (non-hydrogen) atoms. The summed E-state index contributed by atoms with van der Waals surface area (Å²) < 4.78 is 6.68. The Labute approximate surface area is 167 Å². The highest BCUT2D eigenvalue weighted by atomic mass is 16.5. The van der Waals surface area contributed by atoms with E-state index in [0.29, 0.717) is 25.5 Å². The van der Waals surface area contributed by atoms with Crippen molar-refractivity contribution in [2.45, 2.75) is 12.0 Å². The molecule has 1 aliphatic rings. The monoisotopic (exact) mass is 391 g/mol. The number of aliphatic carboxylic acids is 1. The first kappa shape index (κ1) is 18.9. The van der Waals surface area contributed by atoms with Gasteiger partial charge in [0.1, 0.15) is 6.54 Å². The number of hydrogen-bond acceptors (Lipinski definition) is 5. The van der Waals surface area contributed by atoms with E-state index in [9.17, 15) is 14.7 Å². The van der Waals surface area contributed by atoms with Gasteiger partial charge in [0.2, 0.25) is 0 Å². The van der Waals surface area contributed by atoms with Crippen LogP contribution in [0.15, 0.2) is 71.7 Å². The molecule has 7 heteroatoms. The fraction of sp³-hybridized carbons (Fsp3) is 0.227. The summed E-state index contributed by atoms with van der Waals surface area (Å²) in [7, 11) is 0. The average molecular weight is 391 g/mol. The van der Waals surface area contributed by atoms with Gasteiger partial charge in [-0.15, -0.1) is 0 Å². The van der Waals surface area contributed by atoms with Crippen LogP contribution in [-0.4, -0.2) is 40.4 Å². The summed E-state index contributed by atoms with van der Waals surface area (Å²) in [6.45, 7) is 1.13. The molecule has 0 aliphatic carbocycles. The number of carbonyl (C=O) groups is 1. The normalized spacial score (nSPS) is 14.8. The van der Waals surface area contributed by atoms with Gasteiger partial charge in [-0.05, 0) is 11.1 Å². The zero-order valence-electron chi connectivity index (χ0n) is 15.7. The number of aromatic nitrogens is 2. The van der Waals surface area contributed by atoms with Crippen molar-refractivity contribution in [2.24, 2.45) is 0 Å². The van der Waals surface area contributed by atoms with E-state index < -0.39 is 18.1 Å². The van der Waals surface area contributed by atoms with Gasteiger partial charge in [0.05, 0.1) is 30.5 Å². The van der Waals surface area contributed by atoms with Crippen molar-refractivity contribution >= 4 is 11.8 Å². The molecule has 7 nitrogen and oxygen atoms in total. The highest BCUT2D eigenvalue weighted by molar-refractivity contribution is 5.69. The second kappa shape index (κ2) is 7.89. The minimum absolute atomic E-state index is 0.133. The molecule has 0 radical (unpaired) electrons. The van der Waals surface area contributed by atoms with Crippen LogP contribution in [0.5, 0.6) is 0 Å². The molecule has 2 heterocycles. The molecule has 1 aromatic heterocycles. The zero-order valence-corrected chi connectivity index (χ0v) is 15.7. The van der Waals surface area contributed by atoms with Crippen LogP contribution in [-0.2, 0) is 21.5 Å². The smallest absolute Gasteiger partial charge is 0.323 e. The Hall–Kier alpha value is -3.45. The van der Waals surface area contributed by atoms with E-state index in [4.69, 9.17) is 4.74 Å². The van der Waals surface area contributed by atoms with E-state index in [1.165, 1.54) is 10.8 Å². The average Bonchev–Trinajstić information content (AvgIpc) is 2.71. The van der Waals surface area contributed by atoms with E-state index in [0.717, 1.165) is 11.1 Å². The minimum atomic E-state index is -1.09. The number of rotatable bonds is 7. The second-order valence-corrected chi connectivity index (χ2v) is 7.14. The summed E-state index contributed by atoms with van der Waals surface area (Å²) in [4.78, 5) is 28.7. The Morgan fingerprint density at radius 2 is 1.76 bits per heavy atom. The number of hydrogen-bond donors (Lipinski definition) is 2. The van der Waals surface area contributed by atoms with Crippen LogP contribution in [0.25, 0.3) is 11.3 Å². The molecule has 0 atom stereocenters. The first-order valence-corrected chi connectivity index (χ1v) is 9.33. The number of ether oxygens (including phenoxy) is 1. The maximum Gasteiger partial charge on any atom is 0.323 e. The lowest BCUT2D eigenvalue weighted by atomic mass is 9.78. The molecule has 148 valence electrons.